The van der Waals surface area contributed by atoms with Crippen molar-refractivity contribution in [1.82, 2.24) is 36.2 Å². The van der Waals surface area contributed by atoms with Gasteiger partial charge in [-0.1, -0.05) is 39.8 Å². The molecule has 1 heterocycles. The Hall–Kier alpha value is -5.92. The van der Waals surface area contributed by atoms with E-state index in [0.29, 0.717) is 12.0 Å². The molecule has 66 heavy (non-hydrogen) atoms. The largest absolute Gasteiger partial charge is 0.508 e. The topological polar surface area (TPSA) is 406 Å². The monoisotopic (exact) mass is 952 g/mol. The van der Waals surface area contributed by atoms with Gasteiger partial charge in [0.2, 0.25) is 41.4 Å². The molecule has 1 aliphatic heterocycles. The number of aliphatic hydroxyl groups is 1. The highest BCUT2D eigenvalue weighted by molar-refractivity contribution is 7.83. The Kier molecular flexibility index (Phi) is 22.9. The molecule has 2 rings (SSSR count). The van der Waals surface area contributed by atoms with Crippen LogP contribution in [0.25, 0.3) is 0 Å². The molecule has 0 aromatic heterocycles. The van der Waals surface area contributed by atoms with Crippen molar-refractivity contribution < 1.29 is 57.9 Å². The SMILES string of the molecule is CC(C)C[C@@H](NC(=O)[C@@H](CCC(=O)O)NC(=O)[C@H](NC(=O)[C@H](NC(=O)[C@@H](Cc1ccc(O)cc1)N1C[C@@H](NS(=O)[C@H](N)CCCN=C(N)N)CC1=O)[C@@H](C)O)C(C)C)C(=O)N[C@H](C)C(N)=O. The molecule has 1 saturated heterocycles. The summed E-state index contributed by atoms with van der Waals surface area (Å²) in [5.41, 5.74) is 22.6. The first-order chi connectivity index (χ1) is 30.8. The summed E-state index contributed by atoms with van der Waals surface area (Å²) < 4.78 is 15.9. The number of phenolic OH excluding ortho intramolecular Hbond substituents is 1. The summed E-state index contributed by atoms with van der Waals surface area (Å²) >= 11 is 0. The fraction of sp³-hybridized carbons (Fsp3) is 0.634. The summed E-state index contributed by atoms with van der Waals surface area (Å²) in [6.07, 6.45) is -2.05. The zero-order chi connectivity index (χ0) is 50.0. The number of benzene rings is 1. The van der Waals surface area contributed by atoms with Crippen LogP contribution in [0.3, 0.4) is 0 Å². The highest BCUT2D eigenvalue weighted by atomic mass is 32.2. The summed E-state index contributed by atoms with van der Waals surface area (Å²) in [4.78, 5) is 110. The van der Waals surface area contributed by atoms with Crippen molar-refractivity contribution in [3.63, 3.8) is 0 Å². The predicted molar refractivity (Wildman–Crippen MR) is 242 cm³/mol. The van der Waals surface area contributed by atoms with E-state index in [4.69, 9.17) is 22.9 Å². The molecule has 370 valence electrons. The van der Waals surface area contributed by atoms with Gasteiger partial charge in [-0.15, -0.1) is 0 Å². The van der Waals surface area contributed by atoms with E-state index >= 15 is 0 Å². The number of carboxylic acids is 1. The van der Waals surface area contributed by atoms with Gasteiger partial charge in [0.05, 0.1) is 11.5 Å². The summed E-state index contributed by atoms with van der Waals surface area (Å²) in [6, 6.07) is -3.16. The first kappa shape index (κ1) is 56.2. The Morgan fingerprint density at radius 2 is 1.39 bits per heavy atom. The van der Waals surface area contributed by atoms with Crippen molar-refractivity contribution in [1.29, 1.82) is 0 Å². The summed E-state index contributed by atoms with van der Waals surface area (Å²) in [5, 5.41) is 41.7. The molecule has 1 aromatic carbocycles. The van der Waals surface area contributed by atoms with Crippen molar-refractivity contribution in [2.24, 2.45) is 39.8 Å². The number of aliphatic imine (C=N–C) groups is 1. The fourth-order valence-corrected chi connectivity index (χ4v) is 7.80. The molecule has 0 aliphatic carbocycles. The molecule has 0 radical (unpaired) electrons. The number of nitrogens with one attached hydrogen (secondary N) is 6. The number of guanidine groups is 1. The zero-order valence-electron chi connectivity index (χ0n) is 38.2. The Bertz CT molecular complexity index is 1910. The zero-order valence-corrected chi connectivity index (χ0v) is 39.0. The van der Waals surface area contributed by atoms with Gasteiger partial charge in [0, 0.05) is 38.4 Å². The van der Waals surface area contributed by atoms with E-state index in [-0.39, 0.29) is 56.4 Å². The van der Waals surface area contributed by atoms with Crippen LogP contribution in [0.4, 0.5) is 0 Å². The van der Waals surface area contributed by atoms with Crippen molar-refractivity contribution >= 4 is 64.3 Å². The van der Waals surface area contributed by atoms with E-state index in [0.717, 1.165) is 0 Å². The molecule has 25 heteroatoms. The molecule has 0 bridgehead atoms. The molecule has 24 nitrogen and oxygen atoms in total. The van der Waals surface area contributed by atoms with Gasteiger partial charge >= 0.3 is 5.97 Å². The van der Waals surface area contributed by atoms with Crippen LogP contribution < -0.4 is 54.2 Å². The quantitative estimate of drug-likeness (QED) is 0.0219. The Morgan fingerprint density at radius 3 is 1.94 bits per heavy atom. The second-order valence-electron chi connectivity index (χ2n) is 17.0. The predicted octanol–water partition coefficient (Wildman–Crippen LogP) is -3.63. The van der Waals surface area contributed by atoms with Gasteiger partial charge in [-0.2, -0.15) is 0 Å². The molecule has 0 saturated carbocycles. The summed E-state index contributed by atoms with van der Waals surface area (Å²) in [6.45, 7) is 9.38. The lowest BCUT2D eigenvalue weighted by atomic mass is 9.99. The van der Waals surface area contributed by atoms with E-state index in [1.807, 2.05) is 0 Å². The highest BCUT2D eigenvalue weighted by Gasteiger charge is 2.41. The number of nitrogens with zero attached hydrogens (tertiary/aromatic N) is 2. The number of nitrogens with two attached hydrogens (primary N) is 4. The van der Waals surface area contributed by atoms with Gasteiger partial charge in [-0.3, -0.25) is 43.3 Å². The maximum Gasteiger partial charge on any atom is 0.303 e. The second-order valence-corrected chi connectivity index (χ2v) is 18.4. The minimum absolute atomic E-state index is 0.0590. The van der Waals surface area contributed by atoms with Gasteiger partial charge in [-0.25, -0.2) is 8.93 Å². The minimum atomic E-state index is -1.81. The molecule has 7 amide bonds. The number of amides is 7. The van der Waals surface area contributed by atoms with Crippen molar-refractivity contribution in [2.75, 3.05) is 13.1 Å². The molecular formula is C41H68N12O12S. The third-order valence-corrected chi connectivity index (χ3v) is 11.8. The molecule has 1 fully saturated rings. The number of aromatic hydroxyl groups is 1. The number of carbonyl (C=O) groups is 8. The van der Waals surface area contributed by atoms with Gasteiger partial charge in [0.15, 0.2) is 5.96 Å². The maximum absolute atomic E-state index is 14.2. The van der Waals surface area contributed by atoms with E-state index < -0.39 is 131 Å². The fourth-order valence-electron chi connectivity index (χ4n) is 6.76. The van der Waals surface area contributed by atoms with E-state index in [1.54, 1.807) is 27.7 Å². The minimum Gasteiger partial charge on any atom is -0.508 e. The number of phenols is 1. The van der Waals surface area contributed by atoms with Crippen LogP contribution in [-0.4, -0.2) is 145 Å². The second kappa shape index (κ2) is 26.9. The van der Waals surface area contributed by atoms with Crippen molar-refractivity contribution in [3.05, 3.63) is 29.8 Å². The Labute approximate surface area is 386 Å². The van der Waals surface area contributed by atoms with Crippen LogP contribution in [0, 0.1) is 11.8 Å². The number of hydrogen-bond acceptors (Lipinski definition) is 13. The Balaban J connectivity index is 2.33. The lowest BCUT2D eigenvalue weighted by molar-refractivity contribution is -0.140. The van der Waals surface area contributed by atoms with Crippen LogP contribution in [0.2, 0.25) is 0 Å². The number of hydrogen-bond donors (Lipinski definition) is 13. The molecule has 17 N–H and O–H groups in total. The van der Waals surface area contributed by atoms with Gasteiger partial charge < -0.3 is 69.7 Å². The highest BCUT2D eigenvalue weighted by Crippen LogP contribution is 2.21. The van der Waals surface area contributed by atoms with E-state index in [1.165, 1.54) is 43.0 Å². The first-order valence-electron chi connectivity index (χ1n) is 21.6. The number of likely N-dealkylation sites (tertiary alicyclic amines) is 1. The molecule has 0 spiro atoms. The van der Waals surface area contributed by atoms with E-state index in [2.05, 4.69) is 36.3 Å². The third kappa shape index (κ3) is 18.9. The molecule has 1 unspecified atom stereocenters. The number of primary amides is 1. The number of aliphatic hydroxyl groups excluding tert-OH is 1. The van der Waals surface area contributed by atoms with Crippen molar-refractivity contribution in [3.8, 4) is 5.75 Å². The van der Waals surface area contributed by atoms with E-state index in [9.17, 15) is 57.9 Å². The van der Waals surface area contributed by atoms with Crippen molar-refractivity contribution in [2.45, 2.75) is 140 Å². The number of aliphatic carboxylic acids is 1. The normalized spacial score (nSPS) is 17.8. The smallest absolute Gasteiger partial charge is 0.303 e. The maximum atomic E-state index is 14.2. The van der Waals surface area contributed by atoms with Gasteiger partial charge in [0.25, 0.3) is 0 Å². The Morgan fingerprint density at radius 1 is 0.818 bits per heavy atom. The number of carboxylic acid groups (broad SMARTS) is 1. The van der Waals surface area contributed by atoms with Crippen LogP contribution >= 0.6 is 0 Å². The van der Waals surface area contributed by atoms with Crippen LogP contribution in [0.1, 0.15) is 85.6 Å². The lowest BCUT2D eigenvalue weighted by Gasteiger charge is -2.31. The van der Waals surface area contributed by atoms with Gasteiger partial charge in [-0.05, 0) is 69.1 Å². The first-order valence-corrected chi connectivity index (χ1v) is 22.8. The average Bonchev–Trinajstić information content (AvgIpc) is 3.58. The number of rotatable bonds is 28. The number of carbonyl (C=O) groups excluding carboxylic acids is 7. The molecular weight excluding hydrogens is 885 g/mol. The van der Waals surface area contributed by atoms with Crippen LogP contribution in [-0.2, 0) is 55.8 Å². The average molecular weight is 953 g/mol. The third-order valence-electron chi connectivity index (χ3n) is 10.4. The molecule has 1 aliphatic rings. The van der Waals surface area contributed by atoms with Crippen LogP contribution in [0.15, 0.2) is 29.3 Å². The standard InChI is InChI=1S/C41H68N12O12S/c1-20(2)16-28(37(61)47-22(5)35(43)59)49-36(60)27(13-14-32(57)58)48-39(63)33(21(3)4)50-40(64)34(23(6)54)51-38(62)29(17-24-9-11-26(55)12-10-24)53-19-25(18-31(53)56)52-66(65)30(42)8-7-15-46-41(44)45/h9-12,20-23,25,27-30,33-34,52,54-55H,7-8,13-19,42H2,1-6H3,(H2,43,59)(H,47,61)(H,48,63)(H,49,60)(H,50,64)(H,51,62)(H,57,58)(H4,44,45,46)/t22-,23-,25+,27-,28-,29-,30+,33-,34-,66?/m1/s1. The molecule has 10 atom stereocenters. The summed E-state index contributed by atoms with van der Waals surface area (Å²) in [5.74, 6) is -8.14. The lowest BCUT2D eigenvalue weighted by Crippen LogP contribution is -2.62. The summed E-state index contributed by atoms with van der Waals surface area (Å²) in [7, 11) is -1.81. The molecule has 1 aromatic rings. The van der Waals surface area contributed by atoms with Crippen LogP contribution in [0.5, 0.6) is 5.75 Å². The van der Waals surface area contributed by atoms with Gasteiger partial charge in [0.1, 0.15) is 53.0 Å².